The molecule has 0 atom stereocenters. The smallest absolute Gasteiger partial charge is 0.306 e. The number of hydrogen-bond donors (Lipinski definition) is 0. The third kappa shape index (κ3) is 7.48. The first kappa shape index (κ1) is 25.1. The molecule has 1 aromatic heterocycles. The predicted molar refractivity (Wildman–Crippen MR) is 114 cm³/mol. The van der Waals surface area contributed by atoms with Crippen molar-refractivity contribution in [2.45, 2.75) is 71.8 Å². The van der Waals surface area contributed by atoms with Gasteiger partial charge in [-0.2, -0.15) is 0 Å². The molecule has 0 saturated heterocycles. The Kier molecular flexibility index (Phi) is 10.2. The molecule has 1 heterocycles. The van der Waals surface area contributed by atoms with Crippen molar-refractivity contribution < 1.29 is 27.5 Å². The Hall–Kier alpha value is -2.16. The van der Waals surface area contributed by atoms with Crippen LogP contribution in [-0.2, 0) is 20.9 Å². The molecule has 0 N–H and O–H groups in total. The minimum absolute atomic E-state index is 0.0170. The second-order valence-electron chi connectivity index (χ2n) is 7.33. The van der Waals surface area contributed by atoms with Crippen molar-refractivity contribution in [3.8, 4) is 0 Å². The van der Waals surface area contributed by atoms with E-state index in [9.17, 15) is 22.8 Å². The molecule has 0 aliphatic heterocycles. The number of aromatic nitrogens is 1. The summed E-state index contributed by atoms with van der Waals surface area (Å²) in [6.45, 7) is 4.58. The lowest BCUT2D eigenvalue weighted by Crippen LogP contribution is -2.32. The maximum atomic E-state index is 14.0. The van der Waals surface area contributed by atoms with Crippen LogP contribution in [0.25, 0.3) is 10.2 Å². The van der Waals surface area contributed by atoms with Crippen LogP contribution in [-0.4, -0.2) is 34.9 Å². The third-order valence-electron chi connectivity index (χ3n) is 4.87. The van der Waals surface area contributed by atoms with Gasteiger partial charge in [0.15, 0.2) is 11.6 Å². The maximum Gasteiger partial charge on any atom is 0.306 e. The van der Waals surface area contributed by atoms with Crippen LogP contribution in [0.5, 0.6) is 0 Å². The Bertz CT molecular complexity index is 888. The van der Waals surface area contributed by atoms with Crippen LogP contribution in [0.15, 0.2) is 6.07 Å². The zero-order valence-corrected chi connectivity index (χ0v) is 18.8. The molecule has 0 aliphatic rings. The van der Waals surface area contributed by atoms with Crippen LogP contribution in [0, 0.1) is 17.5 Å². The van der Waals surface area contributed by atoms with Gasteiger partial charge in [-0.05, 0) is 13.3 Å². The number of carbonyl (C=O) groups excluding carboxylic acids is 2. The molecule has 0 spiro atoms. The van der Waals surface area contributed by atoms with Crippen molar-refractivity contribution in [2.24, 2.45) is 0 Å². The molecule has 31 heavy (non-hydrogen) atoms. The number of ether oxygens (including phenoxy) is 1. The van der Waals surface area contributed by atoms with Crippen molar-refractivity contribution in [1.29, 1.82) is 0 Å². The zero-order chi connectivity index (χ0) is 22.8. The van der Waals surface area contributed by atoms with E-state index in [1.54, 1.807) is 11.8 Å². The van der Waals surface area contributed by atoms with E-state index in [4.69, 9.17) is 4.74 Å². The van der Waals surface area contributed by atoms with E-state index in [0.717, 1.165) is 43.4 Å². The lowest BCUT2D eigenvalue weighted by atomic mass is 10.1. The number of thiazole rings is 1. The van der Waals surface area contributed by atoms with Crippen molar-refractivity contribution >= 4 is 33.4 Å². The van der Waals surface area contributed by atoms with E-state index >= 15 is 0 Å². The van der Waals surface area contributed by atoms with Crippen molar-refractivity contribution in [1.82, 2.24) is 9.88 Å². The Morgan fingerprint density at radius 2 is 1.74 bits per heavy atom. The Morgan fingerprint density at radius 1 is 1.03 bits per heavy atom. The summed E-state index contributed by atoms with van der Waals surface area (Å²) in [6, 6.07) is 0.498. The predicted octanol–water partition coefficient (Wildman–Crippen LogP) is 5.75. The molecule has 0 saturated carbocycles. The molecular formula is C22H29F3N2O3S. The standard InChI is InChI=1S/C22H29F3N2O3S/c1-3-5-6-7-8-9-12-27(18(28)10-11-19(29)30-4-2)14-17-26-21-20(25)15(23)13-16(24)22(21)31-17/h13H,3-12,14H2,1-2H3. The number of carbonyl (C=O) groups is 2. The fourth-order valence-corrected chi connectivity index (χ4v) is 4.22. The summed E-state index contributed by atoms with van der Waals surface area (Å²) >= 11 is 0.897. The summed E-state index contributed by atoms with van der Waals surface area (Å²) in [6.07, 6.45) is 6.19. The molecule has 2 aromatic rings. The van der Waals surface area contributed by atoms with Gasteiger partial charge in [0, 0.05) is 19.0 Å². The Labute approximate surface area is 184 Å². The number of nitrogens with zero attached hydrogens (tertiary/aromatic N) is 2. The summed E-state index contributed by atoms with van der Waals surface area (Å²) in [5.74, 6) is -4.08. The Morgan fingerprint density at radius 3 is 2.45 bits per heavy atom. The number of amides is 1. The van der Waals surface area contributed by atoms with Gasteiger partial charge in [0.25, 0.3) is 0 Å². The summed E-state index contributed by atoms with van der Waals surface area (Å²) in [5.41, 5.74) is -0.365. The van der Waals surface area contributed by atoms with Gasteiger partial charge in [0.05, 0.1) is 24.3 Å². The quantitative estimate of drug-likeness (QED) is 0.218. The molecule has 9 heteroatoms. The average Bonchev–Trinajstić information content (AvgIpc) is 3.17. The SMILES string of the molecule is CCCCCCCCN(Cc1nc2c(F)c(F)cc(F)c2s1)C(=O)CCC(=O)OCC. The molecule has 0 aliphatic carbocycles. The molecule has 172 valence electrons. The molecule has 0 fully saturated rings. The van der Waals surface area contributed by atoms with Gasteiger partial charge in [-0.25, -0.2) is 18.2 Å². The van der Waals surface area contributed by atoms with E-state index < -0.39 is 23.4 Å². The lowest BCUT2D eigenvalue weighted by Gasteiger charge is -2.21. The second-order valence-corrected chi connectivity index (χ2v) is 8.41. The number of fused-ring (bicyclic) bond motifs is 1. The van der Waals surface area contributed by atoms with Crippen molar-refractivity contribution in [3.05, 3.63) is 28.5 Å². The highest BCUT2D eigenvalue weighted by atomic mass is 32.1. The highest BCUT2D eigenvalue weighted by molar-refractivity contribution is 7.18. The molecule has 0 unspecified atom stereocenters. The Balaban J connectivity index is 2.08. The van der Waals surface area contributed by atoms with Crippen molar-refractivity contribution in [2.75, 3.05) is 13.2 Å². The van der Waals surface area contributed by atoms with Crippen LogP contribution in [0.1, 0.15) is 70.2 Å². The summed E-state index contributed by atoms with van der Waals surface area (Å²) in [7, 11) is 0. The highest BCUT2D eigenvalue weighted by Crippen LogP contribution is 2.29. The number of rotatable bonds is 13. The topological polar surface area (TPSA) is 59.5 Å². The number of benzene rings is 1. The van der Waals surface area contributed by atoms with Gasteiger partial charge >= 0.3 is 5.97 Å². The fraction of sp³-hybridized carbons (Fsp3) is 0.591. The van der Waals surface area contributed by atoms with Gasteiger partial charge in [-0.15, -0.1) is 11.3 Å². The largest absolute Gasteiger partial charge is 0.466 e. The second kappa shape index (κ2) is 12.6. The minimum Gasteiger partial charge on any atom is -0.466 e. The molecule has 2 rings (SSSR count). The fourth-order valence-electron chi connectivity index (χ4n) is 3.23. The minimum atomic E-state index is -1.30. The van der Waals surface area contributed by atoms with E-state index in [0.29, 0.717) is 17.6 Å². The van der Waals surface area contributed by atoms with E-state index in [1.807, 2.05) is 0 Å². The van der Waals surface area contributed by atoms with Crippen LogP contribution < -0.4 is 0 Å². The normalized spacial score (nSPS) is 11.1. The van der Waals surface area contributed by atoms with Gasteiger partial charge < -0.3 is 9.64 Å². The van der Waals surface area contributed by atoms with Gasteiger partial charge in [0.1, 0.15) is 16.3 Å². The molecule has 1 aromatic carbocycles. The summed E-state index contributed by atoms with van der Waals surface area (Å²) < 4.78 is 46.3. The van der Waals surface area contributed by atoms with Gasteiger partial charge in [-0.1, -0.05) is 39.0 Å². The number of hydrogen-bond acceptors (Lipinski definition) is 5. The first-order chi connectivity index (χ1) is 14.9. The molecule has 0 bridgehead atoms. The first-order valence-electron chi connectivity index (χ1n) is 10.7. The van der Waals surface area contributed by atoms with Gasteiger partial charge in [0.2, 0.25) is 5.91 Å². The van der Waals surface area contributed by atoms with Crippen LogP contribution in [0.2, 0.25) is 0 Å². The number of unbranched alkanes of at least 4 members (excludes halogenated alkanes) is 5. The first-order valence-corrected chi connectivity index (χ1v) is 11.5. The van der Waals surface area contributed by atoms with Gasteiger partial charge in [-0.3, -0.25) is 9.59 Å². The average molecular weight is 459 g/mol. The molecule has 0 radical (unpaired) electrons. The van der Waals surface area contributed by atoms with Crippen LogP contribution in [0.4, 0.5) is 13.2 Å². The number of esters is 1. The van der Waals surface area contributed by atoms with Crippen LogP contribution >= 0.6 is 11.3 Å². The van der Waals surface area contributed by atoms with E-state index in [2.05, 4.69) is 11.9 Å². The number of halogens is 3. The molecular weight excluding hydrogens is 429 g/mol. The summed E-state index contributed by atoms with van der Waals surface area (Å²) in [4.78, 5) is 29.9. The lowest BCUT2D eigenvalue weighted by molar-refractivity contribution is -0.145. The monoisotopic (exact) mass is 458 g/mol. The molecule has 5 nitrogen and oxygen atoms in total. The highest BCUT2D eigenvalue weighted by Gasteiger charge is 2.21. The molecule has 1 amide bonds. The maximum absolute atomic E-state index is 14.0. The van der Waals surface area contributed by atoms with E-state index in [1.165, 1.54) is 6.42 Å². The van der Waals surface area contributed by atoms with Crippen molar-refractivity contribution in [3.63, 3.8) is 0 Å². The summed E-state index contributed by atoms with van der Waals surface area (Å²) in [5, 5.41) is 0.314. The van der Waals surface area contributed by atoms with Crippen LogP contribution in [0.3, 0.4) is 0 Å². The third-order valence-corrected chi connectivity index (χ3v) is 5.92. The zero-order valence-electron chi connectivity index (χ0n) is 18.0. The van der Waals surface area contributed by atoms with E-state index in [-0.39, 0.29) is 42.1 Å².